The molecule has 3 aromatic rings. The van der Waals surface area contributed by atoms with Gasteiger partial charge in [0.05, 0.1) is 16.8 Å². The van der Waals surface area contributed by atoms with Gasteiger partial charge >= 0.3 is 12.0 Å². The van der Waals surface area contributed by atoms with Crippen molar-refractivity contribution in [3.05, 3.63) is 81.6 Å². The maximum absolute atomic E-state index is 12.2. The number of benzene rings is 2. The number of rotatable bonds is 6. The number of carbonyl (C=O) groups excluding carboxylic acids is 1. The number of aryl methyl sites for hydroxylation is 2. The Kier molecular flexibility index (Phi) is 6.77. The highest BCUT2D eigenvalue weighted by Crippen LogP contribution is 2.24. The molecule has 0 saturated heterocycles. The van der Waals surface area contributed by atoms with Crippen LogP contribution in [-0.4, -0.2) is 27.9 Å². The lowest BCUT2D eigenvalue weighted by Crippen LogP contribution is -2.24. The molecule has 0 fully saturated rings. The summed E-state index contributed by atoms with van der Waals surface area (Å²) >= 11 is 5.98. The summed E-state index contributed by atoms with van der Waals surface area (Å²) in [4.78, 5) is 23.6. The van der Waals surface area contributed by atoms with Crippen molar-refractivity contribution in [3.8, 4) is 5.69 Å². The standard InChI is InChI=1S/C23H23ClN4O3/c1-4-16-7-5-6-8-21(16)26-23(31)27-25-13-17-11-14(2)28(15(17)3)18-9-10-20(24)19(12-18)22(29)30/h5-13H,4H2,1-3H3,(H,29,30)(H2,26,27,31)/b25-13+. The highest BCUT2D eigenvalue weighted by molar-refractivity contribution is 6.33. The largest absolute Gasteiger partial charge is 0.478 e. The molecule has 0 bridgehead atoms. The maximum Gasteiger partial charge on any atom is 0.339 e. The summed E-state index contributed by atoms with van der Waals surface area (Å²) in [6, 6.07) is 13.9. The van der Waals surface area contributed by atoms with Crippen molar-refractivity contribution < 1.29 is 14.7 Å². The Morgan fingerprint density at radius 2 is 1.90 bits per heavy atom. The van der Waals surface area contributed by atoms with Crippen molar-refractivity contribution in [1.82, 2.24) is 9.99 Å². The number of halogens is 1. The number of para-hydroxylation sites is 1. The molecule has 0 aliphatic heterocycles. The van der Waals surface area contributed by atoms with E-state index < -0.39 is 12.0 Å². The molecule has 0 aliphatic carbocycles. The third-order valence-corrected chi connectivity index (χ3v) is 5.25. The van der Waals surface area contributed by atoms with Crippen molar-refractivity contribution in [2.24, 2.45) is 5.10 Å². The van der Waals surface area contributed by atoms with Crippen LogP contribution in [0, 0.1) is 13.8 Å². The van der Waals surface area contributed by atoms with Gasteiger partial charge in [-0.05, 0) is 56.2 Å². The van der Waals surface area contributed by atoms with Gasteiger partial charge in [-0.1, -0.05) is 36.7 Å². The van der Waals surface area contributed by atoms with Gasteiger partial charge < -0.3 is 15.0 Å². The van der Waals surface area contributed by atoms with Crippen LogP contribution in [-0.2, 0) is 6.42 Å². The van der Waals surface area contributed by atoms with Gasteiger partial charge in [0.2, 0.25) is 0 Å². The Morgan fingerprint density at radius 1 is 1.16 bits per heavy atom. The lowest BCUT2D eigenvalue weighted by molar-refractivity contribution is 0.0697. The second-order valence-electron chi connectivity index (χ2n) is 6.97. The summed E-state index contributed by atoms with van der Waals surface area (Å²) in [6.45, 7) is 5.81. The Labute approximate surface area is 185 Å². The van der Waals surface area contributed by atoms with E-state index in [0.717, 1.165) is 34.6 Å². The summed E-state index contributed by atoms with van der Waals surface area (Å²) in [5, 5.41) is 16.3. The minimum Gasteiger partial charge on any atom is -0.478 e. The van der Waals surface area contributed by atoms with Gasteiger partial charge in [0.15, 0.2) is 0 Å². The quantitative estimate of drug-likeness (QED) is 0.366. The van der Waals surface area contributed by atoms with Crippen LogP contribution in [0.5, 0.6) is 0 Å². The normalized spacial score (nSPS) is 11.0. The summed E-state index contributed by atoms with van der Waals surface area (Å²) in [7, 11) is 0. The Morgan fingerprint density at radius 3 is 2.61 bits per heavy atom. The van der Waals surface area contributed by atoms with Gasteiger partial charge in [-0.15, -0.1) is 0 Å². The van der Waals surface area contributed by atoms with Crippen LogP contribution in [0.15, 0.2) is 53.6 Å². The molecule has 0 unspecified atom stereocenters. The topological polar surface area (TPSA) is 95.7 Å². The van der Waals surface area contributed by atoms with Crippen molar-refractivity contribution in [2.45, 2.75) is 27.2 Å². The van der Waals surface area contributed by atoms with E-state index in [9.17, 15) is 14.7 Å². The average molecular weight is 439 g/mol. The highest BCUT2D eigenvalue weighted by Gasteiger charge is 2.14. The first-order valence-electron chi connectivity index (χ1n) is 9.72. The molecule has 2 amide bonds. The molecular weight excluding hydrogens is 416 g/mol. The number of carbonyl (C=O) groups is 2. The minimum atomic E-state index is -1.09. The molecule has 0 radical (unpaired) electrons. The Balaban J connectivity index is 1.76. The van der Waals surface area contributed by atoms with Gasteiger partial charge in [0.25, 0.3) is 0 Å². The van der Waals surface area contributed by atoms with E-state index in [1.165, 1.54) is 6.07 Å². The lowest BCUT2D eigenvalue weighted by Gasteiger charge is -2.11. The fourth-order valence-corrected chi connectivity index (χ4v) is 3.59. The number of aromatic carboxylic acids is 1. The monoisotopic (exact) mass is 438 g/mol. The van der Waals surface area contributed by atoms with Gasteiger partial charge in [-0.25, -0.2) is 15.0 Å². The molecule has 160 valence electrons. The molecule has 1 aromatic heterocycles. The molecular formula is C23H23ClN4O3. The second-order valence-corrected chi connectivity index (χ2v) is 7.37. The predicted molar refractivity (Wildman–Crippen MR) is 123 cm³/mol. The van der Waals surface area contributed by atoms with Crippen LogP contribution in [0.25, 0.3) is 5.69 Å². The molecule has 0 atom stereocenters. The summed E-state index contributed by atoms with van der Waals surface area (Å²) in [5.41, 5.74) is 7.49. The zero-order valence-corrected chi connectivity index (χ0v) is 18.2. The van der Waals surface area contributed by atoms with Crippen molar-refractivity contribution in [2.75, 3.05) is 5.32 Å². The second kappa shape index (κ2) is 9.49. The van der Waals surface area contributed by atoms with Crippen LogP contribution in [0.1, 0.15) is 39.8 Å². The Bertz CT molecular complexity index is 1170. The van der Waals surface area contributed by atoms with E-state index >= 15 is 0 Å². The fraction of sp³-hybridized carbons (Fsp3) is 0.174. The molecule has 0 aliphatic rings. The smallest absolute Gasteiger partial charge is 0.339 e. The molecule has 0 spiro atoms. The number of amides is 2. The van der Waals surface area contributed by atoms with Crippen molar-refractivity contribution >= 4 is 35.5 Å². The third kappa shape index (κ3) is 4.95. The summed E-state index contributed by atoms with van der Waals surface area (Å²) in [6.07, 6.45) is 2.36. The first kappa shape index (κ1) is 22.1. The average Bonchev–Trinajstić information content (AvgIpc) is 3.02. The molecule has 2 aromatic carbocycles. The van der Waals surface area contributed by atoms with E-state index in [4.69, 9.17) is 11.6 Å². The number of aromatic nitrogens is 1. The van der Waals surface area contributed by atoms with Crippen LogP contribution in [0.3, 0.4) is 0 Å². The van der Waals surface area contributed by atoms with E-state index in [-0.39, 0.29) is 10.6 Å². The number of nitrogens with one attached hydrogen (secondary N) is 2. The number of urea groups is 1. The van der Waals surface area contributed by atoms with Crippen LogP contribution in [0.2, 0.25) is 5.02 Å². The number of hydrogen-bond acceptors (Lipinski definition) is 3. The zero-order valence-electron chi connectivity index (χ0n) is 17.4. The number of carboxylic acid groups (broad SMARTS) is 1. The fourth-order valence-electron chi connectivity index (χ4n) is 3.39. The number of hydrazone groups is 1. The predicted octanol–water partition coefficient (Wildman–Crippen LogP) is 5.16. The van der Waals surface area contributed by atoms with Crippen molar-refractivity contribution in [3.63, 3.8) is 0 Å². The van der Waals surface area contributed by atoms with E-state index in [1.54, 1.807) is 18.3 Å². The lowest BCUT2D eigenvalue weighted by atomic mass is 10.1. The Hall–Kier alpha value is -3.58. The maximum atomic E-state index is 12.2. The van der Waals surface area contributed by atoms with Crippen LogP contribution in [0.4, 0.5) is 10.5 Å². The number of anilines is 1. The van der Waals surface area contributed by atoms with Crippen LogP contribution >= 0.6 is 11.6 Å². The first-order valence-corrected chi connectivity index (χ1v) is 10.1. The highest BCUT2D eigenvalue weighted by atomic mass is 35.5. The molecule has 3 rings (SSSR count). The molecule has 31 heavy (non-hydrogen) atoms. The van der Waals surface area contributed by atoms with Gasteiger partial charge in [-0.2, -0.15) is 5.10 Å². The first-order chi connectivity index (χ1) is 14.8. The van der Waals surface area contributed by atoms with Crippen LogP contribution < -0.4 is 10.7 Å². The van der Waals surface area contributed by atoms with Gasteiger partial charge in [0.1, 0.15) is 0 Å². The molecule has 3 N–H and O–H groups in total. The zero-order chi connectivity index (χ0) is 22.5. The van der Waals surface area contributed by atoms with E-state index in [1.807, 2.05) is 55.7 Å². The summed E-state index contributed by atoms with van der Waals surface area (Å²) in [5.74, 6) is -1.09. The molecule has 0 saturated carbocycles. The minimum absolute atomic E-state index is 0.0348. The molecule has 1 heterocycles. The third-order valence-electron chi connectivity index (χ3n) is 4.93. The number of hydrogen-bond donors (Lipinski definition) is 3. The van der Waals surface area contributed by atoms with E-state index in [2.05, 4.69) is 15.8 Å². The van der Waals surface area contributed by atoms with E-state index in [0.29, 0.717) is 5.69 Å². The number of carboxylic acids is 1. The van der Waals surface area contributed by atoms with Gasteiger partial charge in [0, 0.05) is 28.3 Å². The van der Waals surface area contributed by atoms with Gasteiger partial charge in [-0.3, -0.25) is 0 Å². The SMILES string of the molecule is CCc1ccccc1NC(=O)N/N=C/c1cc(C)n(-c2ccc(Cl)c(C(=O)O)c2)c1C. The number of nitrogens with zero attached hydrogens (tertiary/aromatic N) is 2. The molecule has 8 heteroatoms. The summed E-state index contributed by atoms with van der Waals surface area (Å²) < 4.78 is 1.90. The molecule has 7 nitrogen and oxygen atoms in total. The van der Waals surface area contributed by atoms with Crippen molar-refractivity contribution in [1.29, 1.82) is 0 Å².